The van der Waals surface area contributed by atoms with Gasteiger partial charge in [-0.1, -0.05) is 6.92 Å². The minimum absolute atomic E-state index is 0.172. The maximum Gasteiger partial charge on any atom is 0.217 e. The van der Waals surface area contributed by atoms with Crippen molar-refractivity contribution in [1.82, 2.24) is 5.32 Å². The summed E-state index contributed by atoms with van der Waals surface area (Å²) in [5.41, 5.74) is 5.64. The fourth-order valence-electron chi connectivity index (χ4n) is 2.17. The number of hydrogen-bond acceptors (Lipinski definition) is 8. The Kier molecular flexibility index (Phi) is 7.33. The highest BCUT2D eigenvalue weighted by molar-refractivity contribution is 5.83. The number of ketones is 1. The summed E-state index contributed by atoms with van der Waals surface area (Å²) in [7, 11) is 0. The lowest BCUT2D eigenvalue weighted by Gasteiger charge is -2.42. The molecule has 22 heavy (non-hydrogen) atoms. The molecule has 0 spiro atoms. The van der Waals surface area contributed by atoms with Crippen LogP contribution in [0, 0.1) is 0 Å². The van der Waals surface area contributed by atoms with E-state index in [1.807, 2.05) is 0 Å². The van der Waals surface area contributed by atoms with Gasteiger partial charge in [-0.3, -0.25) is 9.59 Å². The van der Waals surface area contributed by atoms with Crippen molar-refractivity contribution in [3.8, 4) is 0 Å². The van der Waals surface area contributed by atoms with Crippen molar-refractivity contribution in [2.24, 2.45) is 5.73 Å². The first-order valence-corrected chi connectivity index (χ1v) is 7.11. The Morgan fingerprint density at radius 3 is 2.50 bits per heavy atom. The Morgan fingerprint density at radius 2 is 2.00 bits per heavy atom. The van der Waals surface area contributed by atoms with Gasteiger partial charge in [-0.05, 0) is 0 Å². The summed E-state index contributed by atoms with van der Waals surface area (Å²) < 4.78 is 10.7. The molecule has 2 unspecified atom stereocenters. The summed E-state index contributed by atoms with van der Waals surface area (Å²) in [5, 5.41) is 31.4. The fourth-order valence-corrected chi connectivity index (χ4v) is 2.17. The highest BCUT2D eigenvalue weighted by Crippen LogP contribution is 2.22. The molecule has 6 atom stereocenters. The fraction of sp³-hybridized carbons (Fsp3) is 0.846. The van der Waals surface area contributed by atoms with Crippen LogP contribution < -0.4 is 11.1 Å². The van der Waals surface area contributed by atoms with E-state index in [1.165, 1.54) is 6.92 Å². The van der Waals surface area contributed by atoms with Gasteiger partial charge in [0.2, 0.25) is 5.91 Å². The summed E-state index contributed by atoms with van der Waals surface area (Å²) >= 11 is 0. The Bertz CT molecular complexity index is 393. The van der Waals surface area contributed by atoms with Gasteiger partial charge >= 0.3 is 0 Å². The summed E-state index contributed by atoms with van der Waals surface area (Å²) in [6, 6.07) is -1.90. The Morgan fingerprint density at radius 1 is 1.36 bits per heavy atom. The van der Waals surface area contributed by atoms with E-state index in [1.54, 1.807) is 6.92 Å². The molecule has 9 heteroatoms. The maximum absolute atomic E-state index is 11.4. The second-order valence-corrected chi connectivity index (χ2v) is 5.19. The molecule has 0 radical (unpaired) electrons. The van der Waals surface area contributed by atoms with Gasteiger partial charge in [0.25, 0.3) is 0 Å². The third-order valence-electron chi connectivity index (χ3n) is 3.45. The lowest BCUT2D eigenvalue weighted by atomic mass is 9.97. The lowest BCUT2D eigenvalue weighted by molar-refractivity contribution is -0.270. The van der Waals surface area contributed by atoms with E-state index in [-0.39, 0.29) is 18.8 Å². The van der Waals surface area contributed by atoms with Crippen LogP contribution >= 0.6 is 0 Å². The van der Waals surface area contributed by atoms with E-state index >= 15 is 0 Å². The normalized spacial score (nSPS) is 33.3. The zero-order valence-electron chi connectivity index (χ0n) is 12.6. The van der Waals surface area contributed by atoms with Crippen molar-refractivity contribution < 1.29 is 34.4 Å². The first-order valence-electron chi connectivity index (χ1n) is 7.11. The molecule has 1 amide bonds. The van der Waals surface area contributed by atoms with Crippen molar-refractivity contribution >= 4 is 11.7 Å². The number of carbonyl (C=O) groups is 2. The van der Waals surface area contributed by atoms with E-state index in [0.29, 0.717) is 0 Å². The molecule has 0 aromatic heterocycles. The molecule has 1 aliphatic heterocycles. The number of nitrogens with one attached hydrogen (secondary N) is 1. The predicted octanol–water partition coefficient (Wildman–Crippen LogP) is -2.75. The van der Waals surface area contributed by atoms with Gasteiger partial charge in [0.1, 0.15) is 24.4 Å². The van der Waals surface area contributed by atoms with Crippen LogP contribution in [-0.4, -0.2) is 76.9 Å². The van der Waals surface area contributed by atoms with E-state index in [2.05, 4.69) is 5.32 Å². The average Bonchev–Trinajstić information content (AvgIpc) is 2.49. The summed E-state index contributed by atoms with van der Waals surface area (Å²) in [5.74, 6) is -0.656. The quantitative estimate of drug-likeness (QED) is 0.339. The van der Waals surface area contributed by atoms with E-state index in [9.17, 15) is 19.8 Å². The average molecular weight is 320 g/mol. The molecule has 0 bridgehead atoms. The van der Waals surface area contributed by atoms with Crippen molar-refractivity contribution in [2.75, 3.05) is 13.2 Å². The number of hydrogen-bond donors (Lipinski definition) is 5. The minimum atomic E-state index is -1.39. The van der Waals surface area contributed by atoms with Gasteiger partial charge in [-0.25, -0.2) is 0 Å². The Hall–Kier alpha value is -1.10. The lowest BCUT2D eigenvalue weighted by Crippen LogP contribution is -2.64. The van der Waals surface area contributed by atoms with Crippen LogP contribution in [0.2, 0.25) is 0 Å². The molecule has 0 aromatic carbocycles. The van der Waals surface area contributed by atoms with Gasteiger partial charge < -0.3 is 35.8 Å². The largest absolute Gasteiger partial charge is 0.394 e. The Balaban J connectivity index is 2.76. The second kappa shape index (κ2) is 8.51. The number of Topliss-reactive ketones (excluding diaryl/α,β-unsaturated/α-hetero) is 1. The van der Waals surface area contributed by atoms with Crippen molar-refractivity contribution in [1.29, 1.82) is 0 Å². The molecule has 1 rings (SSSR count). The van der Waals surface area contributed by atoms with Gasteiger partial charge in [0.05, 0.1) is 19.3 Å². The molecule has 1 aliphatic rings. The van der Waals surface area contributed by atoms with Crippen LogP contribution in [0.1, 0.15) is 20.3 Å². The van der Waals surface area contributed by atoms with E-state index in [0.717, 1.165) is 0 Å². The molecule has 128 valence electrons. The standard InChI is InChI=1S/C13H24N2O7/c1-3-8(18)7(14)5-21-13-10(15-6(2)17)12(20)11(19)9(4-16)22-13/h7,9-13,16,19-20H,3-5,14H2,1-2H3,(H,15,17)/t7-,9?,10?,11-,12+,13-/m0/s1. The number of aliphatic hydroxyl groups excluding tert-OH is 3. The van der Waals surface area contributed by atoms with Gasteiger partial charge in [0, 0.05) is 13.3 Å². The van der Waals surface area contributed by atoms with Crippen LogP contribution in [-0.2, 0) is 19.1 Å². The van der Waals surface area contributed by atoms with Crippen LogP contribution in [0.5, 0.6) is 0 Å². The molecular formula is C13H24N2O7. The molecule has 1 heterocycles. The van der Waals surface area contributed by atoms with Crippen LogP contribution in [0.25, 0.3) is 0 Å². The third kappa shape index (κ3) is 4.70. The predicted molar refractivity (Wildman–Crippen MR) is 74.6 cm³/mol. The highest BCUT2D eigenvalue weighted by atomic mass is 16.7. The topological polar surface area (TPSA) is 151 Å². The zero-order chi connectivity index (χ0) is 16.9. The van der Waals surface area contributed by atoms with Crippen molar-refractivity contribution in [2.45, 2.75) is 57.0 Å². The SMILES string of the molecule is CCC(=O)[C@@H](N)CO[C@H]1OC(CO)[C@H](O)[C@H](O)C1NC(C)=O. The van der Waals surface area contributed by atoms with Gasteiger partial charge in [-0.2, -0.15) is 0 Å². The van der Waals surface area contributed by atoms with Gasteiger partial charge in [0.15, 0.2) is 12.1 Å². The smallest absolute Gasteiger partial charge is 0.217 e. The number of carbonyl (C=O) groups excluding carboxylic acids is 2. The summed E-state index contributed by atoms with van der Waals surface area (Å²) in [4.78, 5) is 22.6. The molecule has 1 fully saturated rings. The zero-order valence-corrected chi connectivity index (χ0v) is 12.6. The Labute approximate surface area is 128 Å². The summed E-state index contributed by atoms with van der Waals surface area (Å²) in [6.45, 7) is 2.20. The summed E-state index contributed by atoms with van der Waals surface area (Å²) in [6.07, 6.45) is -4.73. The minimum Gasteiger partial charge on any atom is -0.394 e. The molecule has 1 saturated heterocycles. The molecule has 0 aliphatic carbocycles. The number of aliphatic hydroxyl groups is 3. The van der Waals surface area contributed by atoms with Crippen LogP contribution in [0.15, 0.2) is 0 Å². The number of nitrogens with two attached hydrogens (primary N) is 1. The van der Waals surface area contributed by atoms with Gasteiger partial charge in [-0.15, -0.1) is 0 Å². The first-order chi connectivity index (χ1) is 10.3. The molecule has 9 nitrogen and oxygen atoms in total. The van der Waals surface area contributed by atoms with Crippen LogP contribution in [0.3, 0.4) is 0 Å². The van der Waals surface area contributed by atoms with Crippen LogP contribution in [0.4, 0.5) is 0 Å². The number of ether oxygens (including phenoxy) is 2. The van der Waals surface area contributed by atoms with E-state index in [4.69, 9.17) is 20.3 Å². The van der Waals surface area contributed by atoms with Crippen molar-refractivity contribution in [3.05, 3.63) is 0 Å². The molecular weight excluding hydrogens is 296 g/mol. The second-order valence-electron chi connectivity index (χ2n) is 5.19. The molecule has 0 aromatic rings. The highest BCUT2D eigenvalue weighted by Gasteiger charge is 2.45. The maximum atomic E-state index is 11.4. The first kappa shape index (κ1) is 18.9. The molecule has 6 N–H and O–H groups in total. The van der Waals surface area contributed by atoms with E-state index < -0.39 is 49.2 Å². The number of amides is 1. The molecule has 0 saturated carbocycles. The third-order valence-corrected chi connectivity index (χ3v) is 3.45. The van der Waals surface area contributed by atoms with Crippen molar-refractivity contribution in [3.63, 3.8) is 0 Å². The number of rotatable bonds is 7. The monoisotopic (exact) mass is 320 g/mol.